The highest BCUT2D eigenvalue weighted by Gasteiger charge is 2.35. The van der Waals surface area contributed by atoms with Crippen LogP contribution in [0.4, 0.5) is 4.39 Å². The monoisotopic (exact) mass is 351 g/mol. The van der Waals surface area contributed by atoms with E-state index < -0.39 is 15.8 Å². The van der Waals surface area contributed by atoms with Crippen LogP contribution >= 0.6 is 15.9 Å². The summed E-state index contributed by atoms with van der Waals surface area (Å²) in [6.07, 6.45) is -0.181. The van der Waals surface area contributed by atoms with E-state index in [0.29, 0.717) is 11.9 Å². The molecular formula is C12H15BrFNO3S. The molecule has 106 valence electrons. The lowest BCUT2D eigenvalue weighted by molar-refractivity contribution is -0.0139. The van der Waals surface area contributed by atoms with Crippen molar-refractivity contribution >= 4 is 26.0 Å². The van der Waals surface area contributed by atoms with Gasteiger partial charge >= 0.3 is 0 Å². The number of halogens is 2. The molecule has 0 saturated carbocycles. The van der Waals surface area contributed by atoms with E-state index in [1.165, 1.54) is 22.5 Å². The zero-order valence-electron chi connectivity index (χ0n) is 10.4. The maximum atomic E-state index is 13.2. The minimum atomic E-state index is -3.68. The lowest BCUT2D eigenvalue weighted by atomic mass is 10.2. The molecule has 2 rings (SSSR count). The maximum Gasteiger partial charge on any atom is 0.243 e. The molecule has 2 unspecified atom stereocenters. The van der Waals surface area contributed by atoms with Gasteiger partial charge in [-0.15, -0.1) is 0 Å². The number of rotatable bonds is 3. The van der Waals surface area contributed by atoms with Gasteiger partial charge in [-0.2, -0.15) is 4.31 Å². The number of nitrogens with zero attached hydrogens (tertiary/aromatic N) is 1. The van der Waals surface area contributed by atoms with Gasteiger partial charge in [0.05, 0.1) is 17.6 Å². The van der Waals surface area contributed by atoms with Gasteiger partial charge in [-0.05, 0) is 25.1 Å². The standard InChI is InChI=1S/C12H15BrFNO3S/c1-9-8-18-11(6-13)7-15(9)19(16,17)12-4-2-3-10(14)5-12/h2-5,9,11H,6-8H2,1H3. The summed E-state index contributed by atoms with van der Waals surface area (Å²) >= 11 is 3.29. The van der Waals surface area contributed by atoms with Crippen molar-refractivity contribution in [2.24, 2.45) is 0 Å². The second-order valence-corrected chi connectivity index (χ2v) is 7.03. The second kappa shape index (κ2) is 5.87. The summed E-state index contributed by atoms with van der Waals surface area (Å²) in [5.74, 6) is -0.556. The van der Waals surface area contributed by atoms with Gasteiger partial charge in [0.1, 0.15) is 5.82 Å². The lowest BCUT2D eigenvalue weighted by Crippen LogP contribution is -2.51. The quantitative estimate of drug-likeness (QED) is 0.782. The molecule has 0 N–H and O–H groups in total. The van der Waals surface area contributed by atoms with E-state index in [-0.39, 0.29) is 23.6 Å². The third-order valence-corrected chi connectivity index (χ3v) is 5.72. The third kappa shape index (κ3) is 3.16. The summed E-state index contributed by atoms with van der Waals surface area (Å²) in [6.45, 7) is 2.39. The van der Waals surface area contributed by atoms with E-state index in [0.717, 1.165) is 6.07 Å². The number of ether oxygens (including phenoxy) is 1. The molecule has 0 amide bonds. The van der Waals surface area contributed by atoms with Crippen molar-refractivity contribution in [1.29, 1.82) is 0 Å². The van der Waals surface area contributed by atoms with Crippen LogP contribution in [0.1, 0.15) is 6.92 Å². The van der Waals surface area contributed by atoms with E-state index in [9.17, 15) is 12.8 Å². The lowest BCUT2D eigenvalue weighted by Gasteiger charge is -2.36. The number of alkyl halides is 1. The van der Waals surface area contributed by atoms with Crippen LogP contribution in [-0.2, 0) is 14.8 Å². The molecule has 0 spiro atoms. The normalized spacial score (nSPS) is 25.4. The first-order valence-electron chi connectivity index (χ1n) is 5.90. The Labute approximate surface area is 120 Å². The molecule has 0 radical (unpaired) electrons. The number of hydrogen-bond acceptors (Lipinski definition) is 3. The topological polar surface area (TPSA) is 46.6 Å². The van der Waals surface area contributed by atoms with E-state index in [2.05, 4.69) is 15.9 Å². The predicted molar refractivity (Wildman–Crippen MR) is 73.3 cm³/mol. The molecule has 1 aliphatic heterocycles. The zero-order valence-corrected chi connectivity index (χ0v) is 12.8. The van der Waals surface area contributed by atoms with Crippen molar-refractivity contribution in [3.63, 3.8) is 0 Å². The minimum Gasteiger partial charge on any atom is -0.374 e. The molecule has 4 nitrogen and oxygen atoms in total. The molecule has 2 atom stereocenters. The highest BCUT2D eigenvalue weighted by molar-refractivity contribution is 9.09. The van der Waals surface area contributed by atoms with Crippen LogP contribution in [0.25, 0.3) is 0 Å². The zero-order chi connectivity index (χ0) is 14.0. The molecule has 0 aliphatic carbocycles. The average Bonchev–Trinajstić information content (AvgIpc) is 2.39. The molecule has 19 heavy (non-hydrogen) atoms. The molecule has 1 aliphatic rings. The Morgan fingerprint density at radius 1 is 1.53 bits per heavy atom. The van der Waals surface area contributed by atoms with Gasteiger partial charge in [-0.3, -0.25) is 0 Å². The van der Waals surface area contributed by atoms with Crippen molar-refractivity contribution in [2.75, 3.05) is 18.5 Å². The van der Waals surface area contributed by atoms with Crippen LogP contribution in [0.15, 0.2) is 29.2 Å². The second-order valence-electron chi connectivity index (χ2n) is 4.49. The SMILES string of the molecule is CC1COC(CBr)CN1S(=O)(=O)c1cccc(F)c1. The van der Waals surface area contributed by atoms with Gasteiger partial charge in [0.15, 0.2) is 0 Å². The largest absolute Gasteiger partial charge is 0.374 e. The fourth-order valence-electron chi connectivity index (χ4n) is 1.98. The van der Waals surface area contributed by atoms with Crippen molar-refractivity contribution in [1.82, 2.24) is 4.31 Å². The highest BCUT2D eigenvalue weighted by atomic mass is 79.9. The van der Waals surface area contributed by atoms with Gasteiger partial charge < -0.3 is 4.74 Å². The Morgan fingerprint density at radius 2 is 2.26 bits per heavy atom. The summed E-state index contributed by atoms with van der Waals surface area (Å²) in [6, 6.07) is 4.81. The van der Waals surface area contributed by atoms with Crippen molar-refractivity contribution in [3.8, 4) is 0 Å². The molecule has 1 aromatic carbocycles. The third-order valence-electron chi connectivity index (χ3n) is 3.02. The Hall–Kier alpha value is -0.500. The van der Waals surface area contributed by atoms with Crippen LogP contribution in [0.5, 0.6) is 0 Å². The van der Waals surface area contributed by atoms with Crippen LogP contribution in [0, 0.1) is 5.82 Å². The molecule has 1 heterocycles. The van der Waals surface area contributed by atoms with Gasteiger partial charge in [-0.25, -0.2) is 12.8 Å². The molecule has 0 bridgehead atoms. The fraction of sp³-hybridized carbons (Fsp3) is 0.500. The predicted octanol–water partition coefficient (Wildman–Crippen LogP) is 2.00. The molecular weight excluding hydrogens is 337 g/mol. The van der Waals surface area contributed by atoms with Crippen LogP contribution in [0.3, 0.4) is 0 Å². The van der Waals surface area contributed by atoms with E-state index in [1.54, 1.807) is 6.92 Å². The van der Waals surface area contributed by atoms with Crippen LogP contribution in [0.2, 0.25) is 0 Å². The van der Waals surface area contributed by atoms with Crippen LogP contribution < -0.4 is 0 Å². The summed E-state index contributed by atoms with van der Waals surface area (Å²) in [4.78, 5) is -0.0189. The Morgan fingerprint density at radius 3 is 2.89 bits per heavy atom. The fourth-order valence-corrected chi connectivity index (χ4v) is 4.05. The molecule has 7 heteroatoms. The van der Waals surface area contributed by atoms with Gasteiger partial charge in [-0.1, -0.05) is 22.0 Å². The van der Waals surface area contributed by atoms with E-state index in [1.807, 2.05) is 0 Å². The van der Waals surface area contributed by atoms with Gasteiger partial charge in [0, 0.05) is 17.9 Å². The maximum absolute atomic E-state index is 13.2. The highest BCUT2D eigenvalue weighted by Crippen LogP contribution is 2.23. The summed E-state index contributed by atoms with van der Waals surface area (Å²) in [7, 11) is -3.68. The summed E-state index contributed by atoms with van der Waals surface area (Å²) in [5.41, 5.74) is 0. The van der Waals surface area contributed by atoms with Crippen molar-refractivity contribution in [2.45, 2.75) is 24.0 Å². The van der Waals surface area contributed by atoms with E-state index in [4.69, 9.17) is 4.74 Å². The smallest absolute Gasteiger partial charge is 0.243 e. The molecule has 1 saturated heterocycles. The Balaban J connectivity index is 2.32. The molecule has 1 fully saturated rings. The molecule has 0 aromatic heterocycles. The first kappa shape index (κ1) is 14.9. The minimum absolute atomic E-state index is 0.0189. The van der Waals surface area contributed by atoms with Crippen molar-refractivity contribution in [3.05, 3.63) is 30.1 Å². The first-order valence-corrected chi connectivity index (χ1v) is 8.46. The first-order chi connectivity index (χ1) is 8.95. The Bertz CT molecular complexity index is 552. The van der Waals surface area contributed by atoms with Gasteiger partial charge in [0.2, 0.25) is 10.0 Å². The number of sulfonamides is 1. The van der Waals surface area contributed by atoms with E-state index >= 15 is 0 Å². The molecule has 1 aromatic rings. The van der Waals surface area contributed by atoms with Crippen LogP contribution in [-0.4, -0.2) is 43.4 Å². The number of hydrogen-bond donors (Lipinski definition) is 0. The van der Waals surface area contributed by atoms with Crippen molar-refractivity contribution < 1.29 is 17.5 Å². The summed E-state index contributed by atoms with van der Waals surface area (Å²) in [5, 5.41) is 0.564. The summed E-state index contributed by atoms with van der Waals surface area (Å²) < 4.78 is 45.1. The number of benzene rings is 1. The van der Waals surface area contributed by atoms with Gasteiger partial charge in [0.25, 0.3) is 0 Å². The Kier molecular flexibility index (Phi) is 4.60. The number of morpholine rings is 1. The average molecular weight is 352 g/mol.